The largest absolute Gasteiger partial charge is 0.361 e. The van der Waals surface area contributed by atoms with Crippen molar-refractivity contribution in [1.29, 1.82) is 0 Å². The van der Waals surface area contributed by atoms with Crippen LogP contribution < -0.4 is 11.1 Å². The average Bonchev–Trinajstić information content (AvgIpc) is 3.05. The molecule has 1 amide bonds. The number of carbonyl (C=O) groups is 1. The smallest absolute Gasteiger partial charge is 0.220 e. The SMILES string of the molecule is NCCCC(=O)NCC(c1ccccc1)c1c[nH]c2ccccc12. The van der Waals surface area contributed by atoms with Gasteiger partial charge in [0.2, 0.25) is 5.91 Å². The van der Waals surface area contributed by atoms with Crippen molar-refractivity contribution < 1.29 is 4.79 Å². The maximum atomic E-state index is 12.0. The molecular weight excluding hydrogens is 298 g/mol. The highest BCUT2D eigenvalue weighted by Gasteiger charge is 2.18. The lowest BCUT2D eigenvalue weighted by molar-refractivity contribution is -0.121. The molecule has 0 aliphatic carbocycles. The summed E-state index contributed by atoms with van der Waals surface area (Å²) >= 11 is 0. The minimum atomic E-state index is 0.0567. The summed E-state index contributed by atoms with van der Waals surface area (Å²) < 4.78 is 0. The molecule has 0 aliphatic rings. The molecular formula is C20H23N3O. The molecule has 1 unspecified atom stereocenters. The molecule has 0 saturated carbocycles. The van der Waals surface area contributed by atoms with Gasteiger partial charge in [0, 0.05) is 36.0 Å². The van der Waals surface area contributed by atoms with E-state index in [1.807, 2.05) is 36.5 Å². The van der Waals surface area contributed by atoms with E-state index in [1.54, 1.807) is 0 Å². The van der Waals surface area contributed by atoms with Crippen LogP contribution in [0.1, 0.15) is 29.9 Å². The third kappa shape index (κ3) is 3.66. The minimum absolute atomic E-state index is 0.0567. The van der Waals surface area contributed by atoms with Crippen molar-refractivity contribution in [1.82, 2.24) is 10.3 Å². The van der Waals surface area contributed by atoms with Crippen LogP contribution in [0.3, 0.4) is 0 Å². The summed E-state index contributed by atoms with van der Waals surface area (Å²) in [6.07, 6.45) is 3.25. The van der Waals surface area contributed by atoms with Crippen molar-refractivity contribution in [2.24, 2.45) is 5.73 Å². The molecule has 3 rings (SSSR count). The Morgan fingerprint density at radius 3 is 2.62 bits per heavy atom. The summed E-state index contributed by atoms with van der Waals surface area (Å²) in [5.74, 6) is 0.172. The number of nitrogens with two attached hydrogens (primary N) is 1. The second-order valence-electron chi connectivity index (χ2n) is 5.95. The zero-order valence-electron chi connectivity index (χ0n) is 13.7. The van der Waals surface area contributed by atoms with Crippen LogP contribution >= 0.6 is 0 Å². The molecule has 0 radical (unpaired) electrons. The Labute approximate surface area is 142 Å². The maximum absolute atomic E-state index is 12.0. The van der Waals surface area contributed by atoms with Crippen molar-refractivity contribution in [2.75, 3.05) is 13.1 Å². The molecule has 4 N–H and O–H groups in total. The van der Waals surface area contributed by atoms with Crippen LogP contribution in [0.4, 0.5) is 0 Å². The highest BCUT2D eigenvalue weighted by atomic mass is 16.1. The second-order valence-corrected chi connectivity index (χ2v) is 5.95. The quantitative estimate of drug-likeness (QED) is 0.625. The predicted molar refractivity (Wildman–Crippen MR) is 97.9 cm³/mol. The number of fused-ring (bicyclic) bond motifs is 1. The van der Waals surface area contributed by atoms with Gasteiger partial charge in [-0.1, -0.05) is 48.5 Å². The molecule has 24 heavy (non-hydrogen) atoms. The van der Waals surface area contributed by atoms with Crippen LogP contribution in [0.15, 0.2) is 60.8 Å². The zero-order valence-corrected chi connectivity index (χ0v) is 13.7. The molecule has 124 valence electrons. The van der Waals surface area contributed by atoms with Crippen LogP contribution in [0.5, 0.6) is 0 Å². The minimum Gasteiger partial charge on any atom is -0.361 e. The zero-order chi connectivity index (χ0) is 16.8. The molecule has 1 heterocycles. The van der Waals surface area contributed by atoms with Crippen LogP contribution in [-0.4, -0.2) is 24.0 Å². The number of aromatic nitrogens is 1. The number of amides is 1. The Kier molecular flexibility index (Phi) is 5.29. The number of nitrogens with one attached hydrogen (secondary N) is 2. The molecule has 0 saturated heterocycles. The number of H-pyrrole nitrogens is 1. The highest BCUT2D eigenvalue weighted by molar-refractivity contribution is 5.84. The Hall–Kier alpha value is -2.59. The maximum Gasteiger partial charge on any atom is 0.220 e. The van der Waals surface area contributed by atoms with Crippen molar-refractivity contribution >= 4 is 16.8 Å². The van der Waals surface area contributed by atoms with Crippen molar-refractivity contribution in [3.63, 3.8) is 0 Å². The number of hydrogen-bond donors (Lipinski definition) is 3. The second kappa shape index (κ2) is 7.79. The van der Waals surface area contributed by atoms with Crippen LogP contribution in [-0.2, 0) is 4.79 Å². The van der Waals surface area contributed by atoms with Gasteiger partial charge in [-0.2, -0.15) is 0 Å². The molecule has 1 atom stereocenters. The number of para-hydroxylation sites is 1. The van der Waals surface area contributed by atoms with Gasteiger partial charge in [-0.05, 0) is 30.2 Å². The lowest BCUT2D eigenvalue weighted by Gasteiger charge is -2.18. The molecule has 0 fully saturated rings. The van der Waals surface area contributed by atoms with Crippen LogP contribution in [0.25, 0.3) is 10.9 Å². The standard InChI is InChI=1S/C20H23N3O/c21-12-6-11-20(24)23-13-17(15-7-2-1-3-8-15)18-14-22-19-10-5-4-9-16(18)19/h1-5,7-10,14,17,22H,6,11-13,21H2,(H,23,24). The van der Waals surface area contributed by atoms with Gasteiger partial charge >= 0.3 is 0 Å². The molecule has 0 aliphatic heterocycles. The van der Waals surface area contributed by atoms with Crippen molar-refractivity contribution in [2.45, 2.75) is 18.8 Å². The van der Waals surface area contributed by atoms with Crippen LogP contribution in [0, 0.1) is 0 Å². The van der Waals surface area contributed by atoms with E-state index in [0.717, 1.165) is 11.9 Å². The molecule has 4 nitrogen and oxygen atoms in total. The summed E-state index contributed by atoms with van der Waals surface area (Å²) in [4.78, 5) is 15.3. The van der Waals surface area contributed by atoms with E-state index < -0.39 is 0 Å². The summed E-state index contributed by atoms with van der Waals surface area (Å²) in [5, 5.41) is 4.26. The Morgan fingerprint density at radius 2 is 1.83 bits per heavy atom. The first-order chi connectivity index (χ1) is 11.8. The topological polar surface area (TPSA) is 70.9 Å². The summed E-state index contributed by atoms with van der Waals surface area (Å²) in [7, 11) is 0. The van der Waals surface area contributed by atoms with Gasteiger partial charge in [0.15, 0.2) is 0 Å². The van der Waals surface area contributed by atoms with E-state index in [-0.39, 0.29) is 11.8 Å². The number of hydrogen-bond acceptors (Lipinski definition) is 2. The third-order valence-electron chi connectivity index (χ3n) is 4.31. The van der Waals surface area contributed by atoms with E-state index in [9.17, 15) is 4.79 Å². The number of rotatable bonds is 7. The fourth-order valence-electron chi connectivity index (χ4n) is 3.04. The van der Waals surface area contributed by atoms with Gasteiger partial charge in [-0.25, -0.2) is 0 Å². The van der Waals surface area contributed by atoms with E-state index in [0.29, 0.717) is 19.5 Å². The number of carbonyl (C=O) groups excluding carboxylic acids is 1. The fraction of sp³-hybridized carbons (Fsp3) is 0.250. The molecule has 3 aromatic rings. The number of aromatic amines is 1. The predicted octanol–water partition coefficient (Wildman–Crippen LogP) is 3.15. The Bertz CT molecular complexity index is 795. The van der Waals surface area contributed by atoms with Gasteiger partial charge in [0.05, 0.1) is 0 Å². The van der Waals surface area contributed by atoms with Crippen molar-refractivity contribution in [3.05, 3.63) is 71.9 Å². The first-order valence-corrected chi connectivity index (χ1v) is 8.37. The van der Waals surface area contributed by atoms with Crippen molar-refractivity contribution in [3.8, 4) is 0 Å². The first kappa shape index (κ1) is 16.3. The summed E-state index contributed by atoms with van der Waals surface area (Å²) in [6, 6.07) is 18.6. The molecule has 0 bridgehead atoms. The van der Waals surface area contributed by atoms with Crippen LogP contribution in [0.2, 0.25) is 0 Å². The molecule has 1 aromatic heterocycles. The molecule has 4 heteroatoms. The lowest BCUT2D eigenvalue weighted by Crippen LogP contribution is -2.29. The van der Waals surface area contributed by atoms with Gasteiger partial charge in [0.1, 0.15) is 0 Å². The van der Waals surface area contributed by atoms with E-state index in [2.05, 4.69) is 34.6 Å². The lowest BCUT2D eigenvalue weighted by atomic mass is 9.91. The van der Waals surface area contributed by atoms with Gasteiger partial charge in [0.25, 0.3) is 0 Å². The monoisotopic (exact) mass is 321 g/mol. The van der Waals surface area contributed by atoms with E-state index in [4.69, 9.17) is 5.73 Å². The summed E-state index contributed by atoms with van der Waals surface area (Å²) in [5.41, 5.74) is 8.99. The Morgan fingerprint density at radius 1 is 1.08 bits per heavy atom. The third-order valence-corrected chi connectivity index (χ3v) is 4.31. The van der Waals surface area contributed by atoms with Gasteiger partial charge in [-0.3, -0.25) is 4.79 Å². The first-order valence-electron chi connectivity index (χ1n) is 8.37. The number of benzene rings is 2. The highest BCUT2D eigenvalue weighted by Crippen LogP contribution is 2.30. The average molecular weight is 321 g/mol. The Balaban J connectivity index is 1.87. The fourth-order valence-corrected chi connectivity index (χ4v) is 3.04. The molecule has 2 aromatic carbocycles. The molecule has 0 spiro atoms. The van der Waals surface area contributed by atoms with E-state index in [1.165, 1.54) is 16.5 Å². The summed E-state index contributed by atoms with van der Waals surface area (Å²) in [6.45, 7) is 1.12. The van der Waals surface area contributed by atoms with Gasteiger partial charge < -0.3 is 16.0 Å². The van der Waals surface area contributed by atoms with E-state index >= 15 is 0 Å². The van der Waals surface area contributed by atoms with Gasteiger partial charge in [-0.15, -0.1) is 0 Å². The normalized spacial score (nSPS) is 12.2.